The van der Waals surface area contributed by atoms with Crippen LogP contribution in [0.3, 0.4) is 0 Å². The molecule has 0 aliphatic carbocycles. The predicted octanol–water partition coefficient (Wildman–Crippen LogP) is 4.49. The first-order valence-corrected chi connectivity index (χ1v) is 12.5. The number of nitrogens with zero attached hydrogens (tertiary/aromatic N) is 4. The van der Waals surface area contributed by atoms with Gasteiger partial charge in [0.05, 0.1) is 17.8 Å². The molecule has 0 aliphatic rings. The highest BCUT2D eigenvalue weighted by Gasteiger charge is 2.17. The minimum Gasteiger partial charge on any atom is -0.465 e. The van der Waals surface area contributed by atoms with Gasteiger partial charge in [0.25, 0.3) is 0 Å². The number of hydrogen-bond acceptors (Lipinski definition) is 6. The van der Waals surface area contributed by atoms with E-state index in [9.17, 15) is 9.90 Å². The summed E-state index contributed by atoms with van der Waals surface area (Å²) in [6.45, 7) is 5.68. The first-order chi connectivity index (χ1) is 18.3. The number of benzene rings is 2. The van der Waals surface area contributed by atoms with E-state index in [1.807, 2.05) is 44.3 Å². The molecule has 0 saturated carbocycles. The smallest absolute Gasteiger partial charge is 0.405 e. The van der Waals surface area contributed by atoms with Crippen molar-refractivity contribution in [3.8, 4) is 22.4 Å². The number of rotatable bonds is 9. The fourth-order valence-corrected chi connectivity index (χ4v) is 4.36. The molecule has 9 nitrogen and oxygen atoms in total. The topological polar surface area (TPSA) is 125 Å². The first kappa shape index (κ1) is 25.3. The number of aromatic nitrogens is 4. The van der Waals surface area contributed by atoms with Crippen LogP contribution in [-0.2, 0) is 13.1 Å². The van der Waals surface area contributed by atoms with Crippen LogP contribution in [0.4, 0.5) is 4.79 Å². The molecule has 0 atom stereocenters. The second-order valence-corrected chi connectivity index (χ2v) is 10.1. The number of carbonyl (C=O) groups is 1. The van der Waals surface area contributed by atoms with Gasteiger partial charge in [-0.3, -0.25) is 4.40 Å². The molecule has 0 aliphatic heterocycles. The molecule has 2 aromatic carbocycles. The van der Waals surface area contributed by atoms with Crippen molar-refractivity contribution in [1.82, 2.24) is 30.2 Å². The monoisotopic (exact) mass is 510 g/mol. The molecule has 9 heteroatoms. The van der Waals surface area contributed by atoms with Crippen molar-refractivity contribution in [3.63, 3.8) is 0 Å². The summed E-state index contributed by atoms with van der Waals surface area (Å²) in [6, 6.07) is 22.4. The zero-order chi connectivity index (χ0) is 26.7. The van der Waals surface area contributed by atoms with Gasteiger partial charge in [-0.25, -0.2) is 9.78 Å². The quantitative estimate of drug-likeness (QED) is 0.230. The van der Waals surface area contributed by atoms with Crippen molar-refractivity contribution >= 4 is 22.6 Å². The number of nitrogens with one attached hydrogen (secondary N) is 2. The third kappa shape index (κ3) is 5.34. The molecule has 38 heavy (non-hydrogen) atoms. The molecular weight excluding hydrogens is 480 g/mol. The SMILES string of the molecule is CC(C)(CO)CNCc1ccc(-c2nc3ccn4c(CNC(=O)O)nnc4c3cc2-c2ccccc2)cc1. The molecule has 3 heterocycles. The summed E-state index contributed by atoms with van der Waals surface area (Å²) in [4.78, 5) is 16.0. The zero-order valence-electron chi connectivity index (χ0n) is 21.3. The Balaban J connectivity index is 1.53. The number of carboxylic acid groups (broad SMARTS) is 1. The highest BCUT2D eigenvalue weighted by Crippen LogP contribution is 2.34. The second-order valence-electron chi connectivity index (χ2n) is 10.1. The Hall–Kier alpha value is -4.34. The maximum atomic E-state index is 11.0. The lowest BCUT2D eigenvalue weighted by atomic mass is 9.95. The van der Waals surface area contributed by atoms with Crippen molar-refractivity contribution in [2.75, 3.05) is 13.2 Å². The summed E-state index contributed by atoms with van der Waals surface area (Å²) >= 11 is 0. The van der Waals surface area contributed by atoms with Crippen molar-refractivity contribution < 1.29 is 15.0 Å². The van der Waals surface area contributed by atoms with Crippen molar-refractivity contribution in [2.45, 2.75) is 26.9 Å². The number of amides is 1. The Morgan fingerprint density at radius 2 is 1.74 bits per heavy atom. The van der Waals surface area contributed by atoms with Crippen molar-refractivity contribution in [3.05, 3.63) is 84.3 Å². The van der Waals surface area contributed by atoms with Gasteiger partial charge in [-0.1, -0.05) is 68.4 Å². The third-order valence-corrected chi connectivity index (χ3v) is 6.51. The second kappa shape index (κ2) is 10.6. The van der Waals surface area contributed by atoms with Gasteiger partial charge in [-0.05, 0) is 23.3 Å². The summed E-state index contributed by atoms with van der Waals surface area (Å²) in [5.74, 6) is 0.501. The van der Waals surface area contributed by atoms with Crippen molar-refractivity contribution in [2.24, 2.45) is 5.41 Å². The largest absolute Gasteiger partial charge is 0.465 e. The normalized spacial score (nSPS) is 11.8. The minimum atomic E-state index is -1.11. The number of aliphatic hydroxyl groups is 1. The molecule has 0 unspecified atom stereocenters. The van der Waals surface area contributed by atoms with Crippen LogP contribution in [-0.4, -0.2) is 49.0 Å². The highest BCUT2D eigenvalue weighted by atomic mass is 16.4. The van der Waals surface area contributed by atoms with E-state index >= 15 is 0 Å². The molecule has 4 N–H and O–H groups in total. The van der Waals surface area contributed by atoms with Gasteiger partial charge < -0.3 is 20.8 Å². The van der Waals surface area contributed by atoms with Gasteiger partial charge in [0.2, 0.25) is 0 Å². The van der Waals surface area contributed by atoms with Gasteiger partial charge in [0.1, 0.15) is 0 Å². The number of aliphatic hydroxyl groups excluding tert-OH is 1. The summed E-state index contributed by atoms with van der Waals surface area (Å²) in [7, 11) is 0. The fraction of sp³-hybridized carbons (Fsp3) is 0.241. The molecule has 0 saturated heterocycles. The predicted molar refractivity (Wildman–Crippen MR) is 147 cm³/mol. The molecule has 194 valence electrons. The van der Waals surface area contributed by atoms with Crippen LogP contribution in [0.5, 0.6) is 0 Å². The lowest BCUT2D eigenvalue weighted by molar-refractivity contribution is 0.156. The number of fused-ring (bicyclic) bond motifs is 3. The molecular formula is C29H30N6O3. The summed E-state index contributed by atoms with van der Waals surface area (Å²) in [6.07, 6.45) is 0.703. The Morgan fingerprint density at radius 1 is 0.974 bits per heavy atom. The maximum Gasteiger partial charge on any atom is 0.405 e. The molecule has 5 rings (SSSR count). The molecule has 3 aromatic heterocycles. The van der Waals surface area contributed by atoms with E-state index in [2.05, 4.69) is 63.3 Å². The minimum absolute atomic E-state index is 0.0533. The molecule has 0 radical (unpaired) electrons. The summed E-state index contributed by atoms with van der Waals surface area (Å²) in [5.41, 5.74) is 6.24. The molecule has 5 aromatic rings. The molecule has 0 spiro atoms. The maximum absolute atomic E-state index is 11.0. The average molecular weight is 511 g/mol. The van der Waals surface area contributed by atoms with Crippen LogP contribution in [0.15, 0.2) is 72.9 Å². The van der Waals surface area contributed by atoms with E-state index in [1.54, 1.807) is 4.40 Å². The molecule has 0 fully saturated rings. The lowest BCUT2D eigenvalue weighted by Crippen LogP contribution is -2.31. The van der Waals surface area contributed by atoms with E-state index in [4.69, 9.17) is 10.1 Å². The summed E-state index contributed by atoms with van der Waals surface area (Å²) in [5, 5.41) is 33.6. The Bertz CT molecular complexity index is 1580. The Kier molecular flexibility index (Phi) is 7.04. The van der Waals surface area contributed by atoms with Gasteiger partial charge in [-0.2, -0.15) is 0 Å². The molecule has 1 amide bonds. The van der Waals surface area contributed by atoms with Crippen LogP contribution in [0.1, 0.15) is 25.2 Å². The van der Waals surface area contributed by atoms with E-state index in [1.165, 1.54) is 0 Å². The number of pyridine rings is 2. The van der Waals surface area contributed by atoms with Gasteiger partial charge in [0.15, 0.2) is 11.5 Å². The molecule has 0 bridgehead atoms. The lowest BCUT2D eigenvalue weighted by Gasteiger charge is -2.22. The first-order valence-electron chi connectivity index (χ1n) is 12.5. The number of hydrogen-bond donors (Lipinski definition) is 4. The van der Waals surface area contributed by atoms with Gasteiger partial charge >= 0.3 is 6.09 Å². The van der Waals surface area contributed by atoms with E-state index in [-0.39, 0.29) is 18.6 Å². The van der Waals surface area contributed by atoms with Crippen LogP contribution in [0.2, 0.25) is 0 Å². The van der Waals surface area contributed by atoms with E-state index < -0.39 is 6.09 Å². The Labute approximate surface area is 220 Å². The van der Waals surface area contributed by atoms with Crippen molar-refractivity contribution in [1.29, 1.82) is 0 Å². The van der Waals surface area contributed by atoms with Crippen LogP contribution in [0.25, 0.3) is 38.9 Å². The van der Waals surface area contributed by atoms with Gasteiger partial charge in [-0.15, -0.1) is 10.2 Å². The van der Waals surface area contributed by atoms with Crippen LogP contribution in [0, 0.1) is 5.41 Å². The highest BCUT2D eigenvalue weighted by molar-refractivity contribution is 5.98. The fourth-order valence-electron chi connectivity index (χ4n) is 4.36. The summed E-state index contributed by atoms with van der Waals surface area (Å²) < 4.78 is 1.79. The van der Waals surface area contributed by atoms with Gasteiger partial charge in [0, 0.05) is 47.8 Å². The van der Waals surface area contributed by atoms with Crippen LogP contribution >= 0.6 is 0 Å². The average Bonchev–Trinajstić information content (AvgIpc) is 3.35. The standard InChI is InChI=1S/C29H30N6O3/c1-29(2,18-36)17-30-15-19-8-10-21(11-9-19)26-22(20-6-4-3-5-7-20)14-23-24(32-26)12-13-35-25(16-31-28(37)38)33-34-27(23)35/h3-14,30-31,36H,15-18H2,1-2H3,(H,37,38). The van der Waals surface area contributed by atoms with Crippen LogP contribution < -0.4 is 10.6 Å². The van der Waals surface area contributed by atoms with E-state index in [0.29, 0.717) is 18.0 Å². The van der Waals surface area contributed by atoms with E-state index in [0.717, 1.165) is 45.4 Å². The third-order valence-electron chi connectivity index (χ3n) is 6.51. The zero-order valence-corrected chi connectivity index (χ0v) is 21.3. The Morgan fingerprint density at radius 3 is 2.45 bits per heavy atom.